The molecule has 1 amide bonds. The summed E-state index contributed by atoms with van der Waals surface area (Å²) >= 11 is 0. The summed E-state index contributed by atoms with van der Waals surface area (Å²) in [6.07, 6.45) is 26.7. The Balaban J connectivity index is 4.14. The van der Waals surface area contributed by atoms with Crippen molar-refractivity contribution in [2.75, 3.05) is 19.7 Å². The van der Waals surface area contributed by atoms with Crippen molar-refractivity contribution in [2.45, 2.75) is 186 Å². The quantitative estimate of drug-likeness (QED) is 0.0537. The first-order valence-electron chi connectivity index (χ1n) is 16.9. The van der Waals surface area contributed by atoms with Crippen molar-refractivity contribution in [1.82, 2.24) is 4.90 Å². The Morgan fingerprint density at radius 2 is 0.897 bits per heavy atom. The number of hydrogen-bond acceptors (Lipinski definition) is 5. The smallest absolute Gasteiger partial charge is 0.285 e. The van der Waals surface area contributed by atoms with E-state index in [4.69, 9.17) is 0 Å². The third kappa shape index (κ3) is 21.7. The van der Waals surface area contributed by atoms with Gasteiger partial charge in [-0.2, -0.15) is 0 Å². The highest BCUT2D eigenvalue weighted by molar-refractivity contribution is 5.83. The van der Waals surface area contributed by atoms with Crippen LogP contribution in [0.5, 0.6) is 0 Å². The molecule has 4 N–H and O–H groups in total. The summed E-state index contributed by atoms with van der Waals surface area (Å²) in [6, 6.07) is 0. The maximum atomic E-state index is 12.9. The van der Waals surface area contributed by atoms with Crippen molar-refractivity contribution in [3.05, 3.63) is 0 Å². The van der Waals surface area contributed by atoms with Gasteiger partial charge in [0, 0.05) is 19.7 Å². The molecule has 6 nitrogen and oxygen atoms in total. The van der Waals surface area contributed by atoms with Gasteiger partial charge in [-0.05, 0) is 19.3 Å². The predicted molar refractivity (Wildman–Crippen MR) is 164 cm³/mol. The summed E-state index contributed by atoms with van der Waals surface area (Å²) < 4.78 is 0. The van der Waals surface area contributed by atoms with Crippen LogP contribution in [0.2, 0.25) is 0 Å². The molecular weight excluding hydrogens is 490 g/mol. The molecule has 0 aliphatic rings. The zero-order valence-corrected chi connectivity index (χ0v) is 26.0. The van der Waals surface area contributed by atoms with Crippen LogP contribution in [-0.4, -0.2) is 62.8 Å². The Labute approximate surface area is 242 Å². The van der Waals surface area contributed by atoms with E-state index in [1.807, 2.05) is 0 Å². The minimum atomic E-state index is -2.77. The van der Waals surface area contributed by atoms with Gasteiger partial charge in [0.25, 0.3) is 11.7 Å². The van der Waals surface area contributed by atoms with Crippen molar-refractivity contribution in [2.24, 2.45) is 0 Å². The minimum Gasteiger partial charge on any atom is -0.396 e. The number of aliphatic hydroxyl groups is 4. The first-order chi connectivity index (χ1) is 18.9. The lowest BCUT2D eigenvalue weighted by molar-refractivity contribution is -0.231. The van der Waals surface area contributed by atoms with Gasteiger partial charge in [0.2, 0.25) is 0 Å². The van der Waals surface area contributed by atoms with Gasteiger partial charge in [-0.15, -0.1) is 0 Å². The van der Waals surface area contributed by atoms with E-state index in [1.54, 1.807) is 0 Å². The van der Waals surface area contributed by atoms with Gasteiger partial charge in [0.1, 0.15) is 6.10 Å². The molecule has 0 saturated heterocycles. The van der Waals surface area contributed by atoms with E-state index in [9.17, 15) is 25.2 Å². The number of aliphatic hydroxyl groups excluding tert-OH is 2. The SMILES string of the molecule is CCCCCCCCCCCCCCN(CCCO)C(=O)C(O)(O)C(O)CCCCCCCCCCCCC. The van der Waals surface area contributed by atoms with Gasteiger partial charge in [0.05, 0.1) is 0 Å². The van der Waals surface area contributed by atoms with Crippen LogP contribution >= 0.6 is 0 Å². The number of rotatable bonds is 30. The Kier molecular flexibility index (Phi) is 27.0. The summed E-state index contributed by atoms with van der Waals surface area (Å²) in [7, 11) is 0. The normalized spacial score (nSPS) is 12.7. The highest BCUT2D eigenvalue weighted by Crippen LogP contribution is 2.20. The van der Waals surface area contributed by atoms with E-state index in [-0.39, 0.29) is 19.6 Å². The van der Waals surface area contributed by atoms with E-state index in [0.29, 0.717) is 19.4 Å². The van der Waals surface area contributed by atoms with E-state index in [2.05, 4.69) is 13.8 Å². The van der Waals surface area contributed by atoms with Crippen LogP contribution in [0.25, 0.3) is 0 Å². The Bertz CT molecular complexity index is 528. The molecule has 0 rings (SSSR count). The van der Waals surface area contributed by atoms with Crippen LogP contribution < -0.4 is 0 Å². The number of carbonyl (C=O) groups excluding carboxylic acids is 1. The van der Waals surface area contributed by atoms with Gasteiger partial charge in [0.15, 0.2) is 0 Å². The first kappa shape index (κ1) is 38.3. The number of unbranched alkanes of at least 4 members (excludes halogenated alkanes) is 21. The van der Waals surface area contributed by atoms with Crippen LogP contribution in [-0.2, 0) is 4.79 Å². The maximum absolute atomic E-state index is 12.9. The summed E-state index contributed by atoms with van der Waals surface area (Å²) in [6.45, 7) is 5.10. The molecule has 0 saturated carbocycles. The Hall–Kier alpha value is -0.690. The van der Waals surface area contributed by atoms with Gasteiger partial charge in [-0.1, -0.05) is 155 Å². The van der Waals surface area contributed by atoms with Crippen LogP contribution in [0.15, 0.2) is 0 Å². The third-order valence-electron chi connectivity index (χ3n) is 8.02. The molecule has 6 heteroatoms. The molecule has 0 radical (unpaired) electrons. The van der Waals surface area contributed by atoms with Gasteiger partial charge in [-0.25, -0.2) is 0 Å². The Morgan fingerprint density at radius 1 is 0.564 bits per heavy atom. The van der Waals surface area contributed by atoms with E-state index in [0.717, 1.165) is 32.1 Å². The topological polar surface area (TPSA) is 101 Å². The molecule has 0 aliphatic heterocycles. The molecule has 0 heterocycles. The van der Waals surface area contributed by atoms with E-state index < -0.39 is 17.8 Å². The van der Waals surface area contributed by atoms with E-state index >= 15 is 0 Å². The largest absolute Gasteiger partial charge is 0.396 e. The Morgan fingerprint density at radius 3 is 1.28 bits per heavy atom. The average molecular weight is 558 g/mol. The lowest BCUT2D eigenvalue weighted by Gasteiger charge is -2.32. The highest BCUT2D eigenvalue weighted by atomic mass is 16.5. The second-order valence-electron chi connectivity index (χ2n) is 11.8. The summed E-state index contributed by atoms with van der Waals surface area (Å²) in [5.74, 6) is -3.61. The second kappa shape index (κ2) is 27.5. The van der Waals surface area contributed by atoms with Crippen molar-refractivity contribution < 1.29 is 25.2 Å². The van der Waals surface area contributed by atoms with Crippen molar-refractivity contribution >= 4 is 5.91 Å². The fourth-order valence-electron chi connectivity index (χ4n) is 5.30. The van der Waals surface area contributed by atoms with Crippen molar-refractivity contribution in [3.63, 3.8) is 0 Å². The molecule has 39 heavy (non-hydrogen) atoms. The summed E-state index contributed by atoms with van der Waals surface area (Å²) in [5, 5.41) is 40.7. The van der Waals surface area contributed by atoms with Gasteiger partial charge in [-0.3, -0.25) is 4.79 Å². The van der Waals surface area contributed by atoms with Crippen LogP contribution in [0, 0.1) is 0 Å². The minimum absolute atomic E-state index is 0.0621. The van der Waals surface area contributed by atoms with Gasteiger partial charge < -0.3 is 25.3 Å². The maximum Gasteiger partial charge on any atom is 0.285 e. The fourth-order valence-corrected chi connectivity index (χ4v) is 5.30. The molecule has 0 aromatic rings. The molecule has 0 aromatic heterocycles. The van der Waals surface area contributed by atoms with Crippen molar-refractivity contribution in [3.8, 4) is 0 Å². The number of hydrogen-bond donors (Lipinski definition) is 4. The second-order valence-corrected chi connectivity index (χ2v) is 11.8. The van der Waals surface area contributed by atoms with Crippen LogP contribution in [0.4, 0.5) is 0 Å². The first-order valence-corrected chi connectivity index (χ1v) is 16.9. The number of amides is 1. The van der Waals surface area contributed by atoms with Crippen LogP contribution in [0.1, 0.15) is 174 Å². The molecular formula is C33H67NO5. The molecule has 0 bridgehead atoms. The standard InChI is InChI=1S/C33H67NO5/c1-3-5-7-9-11-13-15-17-19-21-23-25-28-34(29-26-30-35)32(37)33(38,39)31(36)27-24-22-20-18-16-14-12-10-8-6-4-2/h31,35-36,38-39H,3-30H2,1-2H3. The van der Waals surface area contributed by atoms with Crippen molar-refractivity contribution in [1.29, 1.82) is 0 Å². The predicted octanol–water partition coefficient (Wildman–Crippen LogP) is 7.64. The number of nitrogens with zero attached hydrogens (tertiary/aromatic N) is 1. The molecule has 234 valence electrons. The molecule has 0 aliphatic carbocycles. The fraction of sp³-hybridized carbons (Fsp3) is 0.970. The monoisotopic (exact) mass is 558 g/mol. The average Bonchev–Trinajstić information content (AvgIpc) is 2.93. The lowest BCUT2D eigenvalue weighted by atomic mass is 10.00. The molecule has 1 unspecified atom stereocenters. The molecule has 0 spiro atoms. The van der Waals surface area contributed by atoms with Crippen LogP contribution in [0.3, 0.4) is 0 Å². The zero-order chi connectivity index (χ0) is 29.0. The number of carbonyl (C=O) groups is 1. The van der Waals surface area contributed by atoms with E-state index in [1.165, 1.54) is 114 Å². The van der Waals surface area contributed by atoms with Gasteiger partial charge >= 0.3 is 0 Å². The molecule has 1 atom stereocenters. The molecule has 0 aromatic carbocycles. The third-order valence-corrected chi connectivity index (χ3v) is 8.02. The highest BCUT2D eigenvalue weighted by Gasteiger charge is 2.43. The zero-order valence-electron chi connectivity index (χ0n) is 26.0. The summed E-state index contributed by atoms with van der Waals surface area (Å²) in [4.78, 5) is 14.3. The lowest BCUT2D eigenvalue weighted by Crippen LogP contribution is -2.56. The molecule has 0 fully saturated rings. The summed E-state index contributed by atoms with van der Waals surface area (Å²) in [5.41, 5.74) is 0.